The lowest BCUT2D eigenvalue weighted by atomic mass is 9.84. The number of rotatable bonds is 11. The molecule has 1 aromatic heterocycles. The van der Waals surface area contributed by atoms with Crippen LogP contribution in [0.5, 0.6) is 0 Å². The summed E-state index contributed by atoms with van der Waals surface area (Å²) in [5.41, 5.74) is -2.84. The number of ketones is 1. The minimum atomic E-state index is -1.91. The Balaban J connectivity index is 2.75. The lowest BCUT2D eigenvalue weighted by Gasteiger charge is -2.37. The molecule has 0 radical (unpaired) electrons. The van der Waals surface area contributed by atoms with Crippen molar-refractivity contribution in [2.45, 2.75) is 182 Å². The average Bonchev–Trinajstić information content (AvgIpc) is 3.70. The molecule has 16 atom stereocenters. The van der Waals surface area contributed by atoms with Crippen LogP contribution in [-0.2, 0) is 45.4 Å². The smallest absolute Gasteiger partial charge is 0.350 e. The second kappa shape index (κ2) is 25.3. The van der Waals surface area contributed by atoms with Crippen molar-refractivity contribution in [3.05, 3.63) is 63.7 Å². The van der Waals surface area contributed by atoms with E-state index in [1.54, 1.807) is 84.9 Å². The van der Waals surface area contributed by atoms with Crippen molar-refractivity contribution in [2.24, 2.45) is 35.5 Å². The molecular formula is C50H81NO13S. The summed E-state index contributed by atoms with van der Waals surface area (Å²) in [7, 11) is 2.93. The molecular weight excluding hydrogens is 855 g/mol. The van der Waals surface area contributed by atoms with E-state index in [0.717, 1.165) is 0 Å². The molecule has 0 saturated carbocycles. The molecule has 1 aliphatic heterocycles. The van der Waals surface area contributed by atoms with Gasteiger partial charge in [0.05, 0.1) is 36.0 Å². The third-order valence-corrected chi connectivity index (χ3v) is 14.3. The highest BCUT2D eigenvalue weighted by Gasteiger charge is 2.46. The highest BCUT2D eigenvalue weighted by atomic mass is 32.1. The fraction of sp³-hybridized carbons (Fsp3) is 0.720. The number of nitrogens with zero attached hydrogens (tertiary/aromatic N) is 1. The van der Waals surface area contributed by atoms with Crippen LogP contribution in [0.2, 0.25) is 0 Å². The van der Waals surface area contributed by atoms with E-state index in [1.165, 1.54) is 53.3 Å². The molecule has 65 heavy (non-hydrogen) atoms. The Bertz CT molecular complexity index is 1820. The summed E-state index contributed by atoms with van der Waals surface area (Å²) in [6.45, 7) is 21.6. The monoisotopic (exact) mass is 936 g/mol. The largest absolute Gasteiger partial charge is 0.455 e. The predicted molar refractivity (Wildman–Crippen MR) is 252 cm³/mol. The lowest BCUT2D eigenvalue weighted by Crippen LogP contribution is -2.51. The Kier molecular flexibility index (Phi) is 22.6. The van der Waals surface area contributed by atoms with Gasteiger partial charge in [-0.1, -0.05) is 76.6 Å². The summed E-state index contributed by atoms with van der Waals surface area (Å²) in [6, 6.07) is 0. The van der Waals surface area contributed by atoms with Crippen LogP contribution in [0.1, 0.15) is 126 Å². The van der Waals surface area contributed by atoms with E-state index in [9.17, 15) is 45.0 Å². The molecule has 0 aliphatic carbocycles. The first-order valence-corrected chi connectivity index (χ1v) is 23.8. The number of ether oxygens (including phenoxy) is 4. The van der Waals surface area contributed by atoms with Gasteiger partial charge in [-0.05, 0) is 98.5 Å². The van der Waals surface area contributed by atoms with E-state index in [1.807, 2.05) is 19.2 Å². The molecule has 0 spiro atoms. The second-order valence-corrected chi connectivity index (χ2v) is 20.2. The molecule has 16 unspecified atom stereocenters. The molecule has 15 heteroatoms. The van der Waals surface area contributed by atoms with Crippen LogP contribution in [0, 0.1) is 35.5 Å². The summed E-state index contributed by atoms with van der Waals surface area (Å²) in [4.78, 5) is 46.2. The van der Waals surface area contributed by atoms with Crippen LogP contribution in [0.3, 0.4) is 0 Å². The van der Waals surface area contributed by atoms with Gasteiger partial charge in [0.1, 0.15) is 40.3 Å². The maximum Gasteiger partial charge on any atom is 0.350 e. The van der Waals surface area contributed by atoms with Gasteiger partial charge in [-0.15, -0.1) is 11.3 Å². The van der Waals surface area contributed by atoms with Gasteiger partial charge in [-0.2, -0.15) is 0 Å². The van der Waals surface area contributed by atoms with Crippen molar-refractivity contribution in [3.63, 3.8) is 0 Å². The number of carbonyl (C=O) groups is 3. The number of esters is 2. The third kappa shape index (κ3) is 16.0. The topological polar surface area (TPSA) is 222 Å². The van der Waals surface area contributed by atoms with Gasteiger partial charge in [0.15, 0.2) is 0 Å². The maximum atomic E-state index is 14.6. The van der Waals surface area contributed by atoms with Gasteiger partial charge < -0.3 is 49.6 Å². The van der Waals surface area contributed by atoms with Crippen LogP contribution in [0.4, 0.5) is 0 Å². The van der Waals surface area contributed by atoms with E-state index in [2.05, 4.69) is 0 Å². The Hall–Kier alpha value is -3.12. The van der Waals surface area contributed by atoms with Crippen LogP contribution in [0.15, 0.2) is 53.0 Å². The Labute approximate surface area is 391 Å². The molecule has 0 aromatic carbocycles. The van der Waals surface area contributed by atoms with Crippen molar-refractivity contribution in [2.75, 3.05) is 14.2 Å². The summed E-state index contributed by atoms with van der Waals surface area (Å²) < 4.78 is 23.5. The molecule has 2 heterocycles. The molecule has 2 rings (SSSR count). The number of aliphatic hydroxyl groups excluding tert-OH is 5. The first-order valence-electron chi connectivity index (χ1n) is 22.9. The molecule has 0 bridgehead atoms. The maximum absolute atomic E-state index is 14.6. The van der Waals surface area contributed by atoms with Crippen LogP contribution in [0.25, 0.3) is 0 Å². The van der Waals surface area contributed by atoms with E-state index >= 15 is 0 Å². The minimum Gasteiger partial charge on any atom is -0.455 e. The summed E-state index contributed by atoms with van der Waals surface area (Å²) in [5, 5.41) is 69.2. The number of thiazole rings is 1. The first-order chi connectivity index (χ1) is 30.1. The standard InChI is InChI=1S/C50H81NO13S/c1-28-22-23-49(12,64-45(58)34(7)36(9)52)47(59)63-44(48(11,60)26-29(2)24-38-27-65-46(51-38)50(13,62-15)37(10)53)33(6)21-17-20-32(5)43(61-14)42(57)41(56)31(4)19-16-18-30(3)40(55)35(8)39(54)25-28/h16-18,20-21,26-28,30-31,33-37,39,41-44,52-54,56-57,60H,19,22-25H2,1-15H3/b18-16-,21-17+,29-26-,32-20+. The molecule has 14 nitrogen and oxygen atoms in total. The van der Waals surface area contributed by atoms with E-state index < -0.39 is 101 Å². The van der Waals surface area contributed by atoms with Crippen molar-refractivity contribution >= 4 is 29.1 Å². The number of carbonyl (C=O) groups excluding carboxylic acids is 3. The Morgan fingerprint density at radius 1 is 1.05 bits per heavy atom. The van der Waals surface area contributed by atoms with Crippen molar-refractivity contribution in [1.82, 2.24) is 4.98 Å². The number of cyclic esters (lactones) is 1. The highest BCUT2D eigenvalue weighted by Crippen LogP contribution is 2.34. The highest BCUT2D eigenvalue weighted by molar-refractivity contribution is 7.09. The van der Waals surface area contributed by atoms with Crippen LogP contribution in [-0.4, -0.2) is 121 Å². The first kappa shape index (κ1) is 58.0. The SMILES string of the molecule is COC1/C(C)=C/C=C/C(C)C(C(C)(O)/C=C(/C)Cc2csc(C(C)(OC)C(C)O)n2)OC(=O)C(C)(OC(=O)C(C)C(C)O)CCC(C)CC(O)C(C)C(=O)C(C)/C=C\CC(C)C(O)C1O. The zero-order valence-corrected chi connectivity index (χ0v) is 42.3. The fourth-order valence-corrected chi connectivity index (χ4v) is 9.00. The predicted octanol–water partition coefficient (Wildman–Crippen LogP) is 6.34. The van der Waals surface area contributed by atoms with E-state index in [0.29, 0.717) is 34.7 Å². The molecule has 0 saturated heterocycles. The van der Waals surface area contributed by atoms with Gasteiger partial charge in [0.2, 0.25) is 5.60 Å². The number of allylic oxidation sites excluding steroid dienone is 5. The number of Topliss-reactive ketones (excluding diaryl/α,β-unsaturated/α-hetero) is 1. The summed E-state index contributed by atoms with van der Waals surface area (Å²) in [5.74, 6) is -5.54. The van der Waals surface area contributed by atoms with Gasteiger partial charge >= 0.3 is 11.9 Å². The average molecular weight is 936 g/mol. The van der Waals surface area contributed by atoms with Crippen LogP contribution < -0.4 is 0 Å². The van der Waals surface area contributed by atoms with Crippen molar-refractivity contribution in [1.29, 1.82) is 0 Å². The van der Waals surface area contributed by atoms with Gasteiger partial charge in [0, 0.05) is 43.8 Å². The number of hydrogen-bond acceptors (Lipinski definition) is 15. The third-order valence-electron chi connectivity index (χ3n) is 13.2. The van der Waals surface area contributed by atoms with Gasteiger partial charge in [-0.3, -0.25) is 9.59 Å². The van der Waals surface area contributed by atoms with Crippen LogP contribution >= 0.6 is 11.3 Å². The fourth-order valence-electron chi connectivity index (χ4n) is 7.96. The number of methoxy groups -OCH3 is 2. The molecule has 0 amide bonds. The van der Waals surface area contributed by atoms with Crippen molar-refractivity contribution in [3.8, 4) is 0 Å². The van der Waals surface area contributed by atoms with Crippen molar-refractivity contribution < 1.29 is 64.0 Å². The Morgan fingerprint density at radius 2 is 1.68 bits per heavy atom. The minimum absolute atomic E-state index is 0.0425. The molecule has 6 N–H and O–H groups in total. The quantitative estimate of drug-likeness (QED) is 0.105. The molecule has 1 aromatic rings. The molecule has 0 fully saturated rings. The normalized spacial score (nSPS) is 35.2. The second-order valence-electron chi connectivity index (χ2n) is 19.4. The lowest BCUT2D eigenvalue weighted by molar-refractivity contribution is -0.197. The Morgan fingerprint density at radius 3 is 2.25 bits per heavy atom. The zero-order chi connectivity index (χ0) is 49.8. The zero-order valence-electron chi connectivity index (χ0n) is 41.5. The number of hydrogen-bond donors (Lipinski definition) is 6. The van der Waals surface area contributed by atoms with Gasteiger partial charge in [-0.25, -0.2) is 9.78 Å². The van der Waals surface area contributed by atoms with Gasteiger partial charge in [0.25, 0.3) is 0 Å². The number of aromatic nitrogens is 1. The summed E-state index contributed by atoms with van der Waals surface area (Å²) in [6.07, 6.45) is 3.73. The number of aliphatic hydroxyl groups is 6. The molecule has 370 valence electrons. The molecule has 1 aliphatic rings. The summed E-state index contributed by atoms with van der Waals surface area (Å²) >= 11 is 1.34. The van der Waals surface area contributed by atoms with E-state index in [-0.39, 0.29) is 31.0 Å². The van der Waals surface area contributed by atoms with E-state index in [4.69, 9.17) is 23.9 Å².